The second-order valence-electron chi connectivity index (χ2n) is 5.22. The van der Waals surface area contributed by atoms with Crippen molar-refractivity contribution in [1.82, 2.24) is 10.1 Å². The summed E-state index contributed by atoms with van der Waals surface area (Å²) in [6.07, 6.45) is 1.65. The van der Waals surface area contributed by atoms with Crippen molar-refractivity contribution in [2.24, 2.45) is 0 Å². The number of anilines is 1. The number of thioether (sulfide) groups is 1. The van der Waals surface area contributed by atoms with Gasteiger partial charge in [-0.3, -0.25) is 4.79 Å². The molecule has 0 aliphatic carbocycles. The van der Waals surface area contributed by atoms with E-state index in [1.807, 2.05) is 19.1 Å². The zero-order valence-electron chi connectivity index (χ0n) is 13.4. The molecule has 0 radical (unpaired) electrons. The maximum absolute atomic E-state index is 12.5. The summed E-state index contributed by atoms with van der Waals surface area (Å²) in [5, 5.41) is 16.2. The largest absolute Gasteiger partial charge is 0.361 e. The fourth-order valence-corrected chi connectivity index (χ4v) is 3.01. The van der Waals surface area contributed by atoms with Crippen LogP contribution in [0.3, 0.4) is 0 Å². The van der Waals surface area contributed by atoms with Crippen molar-refractivity contribution < 1.29 is 9.32 Å². The number of carbonyl (C=O) groups is 1. The molecular formula is C18H14N4O2S. The highest BCUT2D eigenvalue weighted by Crippen LogP contribution is 2.25. The lowest BCUT2D eigenvalue weighted by molar-refractivity contribution is 0.102. The van der Waals surface area contributed by atoms with Crippen molar-refractivity contribution >= 4 is 23.4 Å². The molecule has 3 rings (SSSR count). The Bertz CT molecular complexity index is 929. The minimum Gasteiger partial charge on any atom is -0.361 e. The van der Waals surface area contributed by atoms with Gasteiger partial charge in [0.15, 0.2) is 0 Å². The molecule has 0 atom stereocenters. The molecule has 0 spiro atoms. The summed E-state index contributed by atoms with van der Waals surface area (Å²) in [5.41, 5.74) is 2.44. The minimum absolute atomic E-state index is 0.253. The number of carbonyl (C=O) groups excluding carboxylic acids is 1. The number of pyridine rings is 1. The summed E-state index contributed by atoms with van der Waals surface area (Å²) in [7, 11) is 0. The molecule has 2 aromatic heterocycles. The van der Waals surface area contributed by atoms with Gasteiger partial charge in [-0.1, -0.05) is 16.9 Å². The van der Waals surface area contributed by atoms with Gasteiger partial charge in [0, 0.05) is 23.7 Å². The number of amides is 1. The van der Waals surface area contributed by atoms with Gasteiger partial charge < -0.3 is 9.84 Å². The van der Waals surface area contributed by atoms with Crippen LogP contribution in [0.2, 0.25) is 0 Å². The van der Waals surface area contributed by atoms with Crippen LogP contribution in [0.5, 0.6) is 0 Å². The number of nitriles is 1. The number of nitrogens with zero attached hydrogens (tertiary/aromatic N) is 3. The van der Waals surface area contributed by atoms with Crippen molar-refractivity contribution in [2.45, 2.75) is 17.7 Å². The number of rotatable bonds is 5. The minimum atomic E-state index is -0.253. The van der Waals surface area contributed by atoms with Crippen LogP contribution in [0.4, 0.5) is 5.69 Å². The predicted molar refractivity (Wildman–Crippen MR) is 94.1 cm³/mol. The summed E-state index contributed by atoms with van der Waals surface area (Å²) < 4.78 is 5.04. The first kappa shape index (κ1) is 16.7. The lowest BCUT2D eigenvalue weighted by atomic mass is 10.2. The number of aryl methyl sites for hydroxylation is 1. The van der Waals surface area contributed by atoms with Gasteiger partial charge in [0.1, 0.15) is 10.8 Å². The molecule has 2 heterocycles. The summed E-state index contributed by atoms with van der Waals surface area (Å²) in [6.45, 7) is 1.83. The van der Waals surface area contributed by atoms with Gasteiger partial charge in [-0.05, 0) is 43.3 Å². The summed E-state index contributed by atoms with van der Waals surface area (Å²) in [5.74, 6) is 1.05. The molecule has 0 saturated heterocycles. The summed E-state index contributed by atoms with van der Waals surface area (Å²) in [4.78, 5) is 16.8. The average molecular weight is 350 g/mol. The van der Waals surface area contributed by atoms with E-state index in [1.165, 1.54) is 11.8 Å². The third-order valence-corrected chi connectivity index (χ3v) is 4.36. The number of aromatic nitrogens is 2. The van der Waals surface area contributed by atoms with Gasteiger partial charge in [-0.15, -0.1) is 0 Å². The quantitative estimate of drug-likeness (QED) is 0.704. The van der Waals surface area contributed by atoms with E-state index < -0.39 is 0 Å². The molecular weight excluding hydrogens is 336 g/mol. The van der Waals surface area contributed by atoms with E-state index in [1.54, 1.807) is 42.6 Å². The van der Waals surface area contributed by atoms with Gasteiger partial charge >= 0.3 is 0 Å². The maximum atomic E-state index is 12.5. The van der Waals surface area contributed by atoms with E-state index in [0.29, 0.717) is 27.6 Å². The van der Waals surface area contributed by atoms with Gasteiger partial charge in [0.2, 0.25) is 0 Å². The van der Waals surface area contributed by atoms with E-state index in [4.69, 9.17) is 9.78 Å². The number of hydrogen-bond donors (Lipinski definition) is 1. The smallest absolute Gasteiger partial charge is 0.258 e. The van der Waals surface area contributed by atoms with Crippen LogP contribution in [0.15, 0.2) is 58.2 Å². The predicted octanol–water partition coefficient (Wildman–Crippen LogP) is 3.79. The van der Waals surface area contributed by atoms with E-state index in [0.717, 1.165) is 11.5 Å². The standard InChI is InChI=1S/C18H14N4O2S/c1-12-9-15(22-24-12)11-25-18-16(3-2-8-20-18)17(23)21-14-6-4-13(10-19)5-7-14/h2-9H,11H2,1H3,(H,21,23). The third-order valence-electron chi connectivity index (χ3n) is 3.32. The third kappa shape index (κ3) is 4.25. The normalized spacial score (nSPS) is 10.2. The number of hydrogen-bond acceptors (Lipinski definition) is 6. The molecule has 0 fully saturated rings. The Labute approximate surface area is 148 Å². The van der Waals surface area contributed by atoms with Crippen LogP contribution in [-0.2, 0) is 5.75 Å². The van der Waals surface area contributed by atoms with Crippen LogP contribution in [0.1, 0.15) is 27.4 Å². The van der Waals surface area contributed by atoms with Crippen LogP contribution in [0.25, 0.3) is 0 Å². The monoisotopic (exact) mass is 350 g/mol. The van der Waals surface area contributed by atoms with Crippen molar-refractivity contribution in [2.75, 3.05) is 5.32 Å². The Morgan fingerprint density at radius 3 is 2.80 bits per heavy atom. The van der Waals surface area contributed by atoms with E-state index >= 15 is 0 Å². The maximum Gasteiger partial charge on any atom is 0.258 e. The topological polar surface area (TPSA) is 91.8 Å². The fourth-order valence-electron chi connectivity index (χ4n) is 2.13. The number of nitrogens with one attached hydrogen (secondary N) is 1. The second-order valence-corrected chi connectivity index (χ2v) is 6.18. The first-order valence-corrected chi connectivity index (χ1v) is 8.46. The van der Waals surface area contributed by atoms with Crippen molar-refractivity contribution in [1.29, 1.82) is 5.26 Å². The SMILES string of the molecule is Cc1cc(CSc2ncccc2C(=O)Nc2ccc(C#N)cc2)no1. The van der Waals surface area contributed by atoms with E-state index in [-0.39, 0.29) is 5.91 Å². The lowest BCUT2D eigenvalue weighted by Crippen LogP contribution is -2.13. The molecule has 0 saturated carbocycles. The Morgan fingerprint density at radius 2 is 2.12 bits per heavy atom. The highest BCUT2D eigenvalue weighted by atomic mass is 32.2. The van der Waals surface area contributed by atoms with E-state index in [9.17, 15) is 4.79 Å². The molecule has 6 nitrogen and oxygen atoms in total. The van der Waals surface area contributed by atoms with Crippen LogP contribution in [0, 0.1) is 18.3 Å². The molecule has 124 valence electrons. The van der Waals surface area contributed by atoms with Crippen LogP contribution >= 0.6 is 11.8 Å². The Morgan fingerprint density at radius 1 is 1.32 bits per heavy atom. The van der Waals surface area contributed by atoms with Gasteiger partial charge in [0.25, 0.3) is 5.91 Å². The lowest BCUT2D eigenvalue weighted by Gasteiger charge is -2.08. The molecule has 7 heteroatoms. The summed E-state index contributed by atoms with van der Waals surface area (Å²) >= 11 is 1.42. The molecule has 0 unspecified atom stereocenters. The number of benzene rings is 1. The van der Waals surface area contributed by atoms with Gasteiger partial charge in [-0.2, -0.15) is 5.26 Å². The first-order chi connectivity index (χ1) is 12.2. The average Bonchev–Trinajstić information content (AvgIpc) is 3.06. The van der Waals surface area contributed by atoms with Gasteiger partial charge in [-0.25, -0.2) is 4.98 Å². The molecule has 0 bridgehead atoms. The van der Waals surface area contributed by atoms with E-state index in [2.05, 4.69) is 15.5 Å². The van der Waals surface area contributed by atoms with Crippen LogP contribution in [-0.4, -0.2) is 16.0 Å². The Hall–Kier alpha value is -3.11. The fraction of sp³-hybridized carbons (Fsp3) is 0.111. The second kappa shape index (κ2) is 7.64. The molecule has 25 heavy (non-hydrogen) atoms. The zero-order chi connectivity index (χ0) is 17.6. The first-order valence-electron chi connectivity index (χ1n) is 7.47. The van der Waals surface area contributed by atoms with Crippen molar-refractivity contribution in [3.63, 3.8) is 0 Å². The highest BCUT2D eigenvalue weighted by Gasteiger charge is 2.14. The Kier molecular flexibility index (Phi) is 5.11. The van der Waals surface area contributed by atoms with Crippen molar-refractivity contribution in [3.8, 4) is 6.07 Å². The van der Waals surface area contributed by atoms with Crippen LogP contribution < -0.4 is 5.32 Å². The molecule has 1 aromatic carbocycles. The highest BCUT2D eigenvalue weighted by molar-refractivity contribution is 7.98. The van der Waals surface area contributed by atoms with Crippen molar-refractivity contribution in [3.05, 3.63) is 71.2 Å². The molecule has 0 aliphatic rings. The summed E-state index contributed by atoms with van der Waals surface area (Å²) in [6, 6.07) is 14.0. The zero-order valence-corrected chi connectivity index (χ0v) is 14.2. The molecule has 3 aromatic rings. The van der Waals surface area contributed by atoms with Gasteiger partial charge in [0.05, 0.1) is 22.9 Å². The Balaban J connectivity index is 1.72. The molecule has 0 aliphatic heterocycles. The molecule has 1 N–H and O–H groups in total. The molecule has 1 amide bonds.